The summed E-state index contributed by atoms with van der Waals surface area (Å²) in [4.78, 5) is 23.7. The van der Waals surface area contributed by atoms with Crippen LogP contribution in [0.15, 0.2) is 59.3 Å². The van der Waals surface area contributed by atoms with E-state index in [1.54, 1.807) is 6.20 Å². The first kappa shape index (κ1) is 28.9. The monoisotopic (exact) mass is 579 g/mol. The molecule has 42 heavy (non-hydrogen) atoms. The standard InChI is InChI=1S/C31H39F2N7O2/c1-21-10-12-30(13-11-21,39-16-14-34-15-17-39)38-31(37-25-8-2-22(19-41)3-9-25)27-26(18-35-29(27)36-20-40(31)33)28(42)23-4-6-24(32)7-5-23/h4-7,10-12,18,20,22,25,34-35,37-38,41H,2-3,8-9,13-17,19H2,1H3. The van der Waals surface area contributed by atoms with Crippen LogP contribution in [0.1, 0.15) is 60.5 Å². The molecule has 2 unspecified atom stereocenters. The lowest BCUT2D eigenvalue weighted by Crippen LogP contribution is -2.75. The van der Waals surface area contributed by atoms with Crippen molar-refractivity contribution in [1.29, 1.82) is 0 Å². The zero-order chi connectivity index (χ0) is 29.3. The van der Waals surface area contributed by atoms with E-state index in [0.29, 0.717) is 28.5 Å². The van der Waals surface area contributed by atoms with E-state index in [0.717, 1.165) is 63.8 Å². The molecule has 0 amide bonds. The molecule has 224 valence electrons. The number of benzene rings is 1. The summed E-state index contributed by atoms with van der Waals surface area (Å²) in [6.07, 6.45) is 12.7. The van der Waals surface area contributed by atoms with Gasteiger partial charge in [-0.25, -0.2) is 9.38 Å². The number of carbonyl (C=O) groups excluding carboxylic acids is 1. The van der Waals surface area contributed by atoms with E-state index in [4.69, 9.17) is 0 Å². The molecular formula is C31H39F2N7O2. The third-order valence-electron chi connectivity index (χ3n) is 9.13. The maximum Gasteiger partial charge on any atom is 0.209 e. The van der Waals surface area contributed by atoms with Crippen molar-refractivity contribution in [2.45, 2.75) is 56.5 Å². The number of aliphatic imine (C=N–C) groups is 1. The predicted molar refractivity (Wildman–Crippen MR) is 157 cm³/mol. The zero-order valence-electron chi connectivity index (χ0n) is 23.9. The number of aliphatic hydroxyl groups excluding tert-OH is 1. The summed E-state index contributed by atoms with van der Waals surface area (Å²) in [5.74, 6) is -1.86. The van der Waals surface area contributed by atoms with E-state index in [9.17, 15) is 14.3 Å². The zero-order valence-corrected chi connectivity index (χ0v) is 23.9. The Hall–Kier alpha value is -3.22. The van der Waals surface area contributed by atoms with Gasteiger partial charge in [-0.05, 0) is 68.9 Å². The summed E-state index contributed by atoms with van der Waals surface area (Å²) >= 11 is 0. The second-order valence-corrected chi connectivity index (χ2v) is 11.8. The normalized spacial score (nSPS) is 29.8. The fourth-order valence-electron chi connectivity index (χ4n) is 6.69. The van der Waals surface area contributed by atoms with Crippen LogP contribution in [0, 0.1) is 11.7 Å². The van der Waals surface area contributed by atoms with E-state index < -0.39 is 17.3 Å². The van der Waals surface area contributed by atoms with Crippen molar-refractivity contribution >= 4 is 17.9 Å². The number of carbonyl (C=O) groups is 1. The van der Waals surface area contributed by atoms with Gasteiger partial charge in [-0.15, -0.1) is 0 Å². The molecular weight excluding hydrogens is 540 g/mol. The molecule has 0 spiro atoms. The average Bonchev–Trinajstić information content (AvgIpc) is 3.47. The number of fused-ring (bicyclic) bond motifs is 1. The number of nitrogens with one attached hydrogen (secondary N) is 4. The van der Waals surface area contributed by atoms with Crippen LogP contribution in [0.3, 0.4) is 0 Å². The summed E-state index contributed by atoms with van der Waals surface area (Å²) < 4.78 is 30.4. The van der Waals surface area contributed by atoms with Crippen LogP contribution in [0.4, 0.5) is 14.7 Å². The van der Waals surface area contributed by atoms with Gasteiger partial charge >= 0.3 is 0 Å². The molecule has 2 aliphatic heterocycles. The van der Waals surface area contributed by atoms with Crippen LogP contribution in [0.5, 0.6) is 0 Å². The number of allylic oxidation sites excluding steroid dienone is 2. The second-order valence-electron chi connectivity index (χ2n) is 11.8. The average molecular weight is 580 g/mol. The number of hydrogen-bond acceptors (Lipinski definition) is 8. The lowest BCUT2D eigenvalue weighted by atomic mass is 9.85. The molecule has 0 bridgehead atoms. The summed E-state index contributed by atoms with van der Waals surface area (Å²) in [6, 6.07) is 5.28. The van der Waals surface area contributed by atoms with Gasteiger partial charge < -0.3 is 15.4 Å². The molecule has 0 radical (unpaired) electrons. The minimum absolute atomic E-state index is 0.0912. The molecule has 2 fully saturated rings. The quantitative estimate of drug-likeness (QED) is 0.185. The largest absolute Gasteiger partial charge is 0.396 e. The number of aromatic amines is 1. The van der Waals surface area contributed by atoms with E-state index in [1.165, 1.54) is 24.3 Å². The number of piperazine rings is 1. The Kier molecular flexibility index (Phi) is 8.12. The number of H-pyrrole nitrogens is 1. The lowest BCUT2D eigenvalue weighted by Gasteiger charge is -2.53. The first-order chi connectivity index (χ1) is 20.3. The summed E-state index contributed by atoms with van der Waals surface area (Å²) in [5, 5.41) is 21.0. The molecule has 6 rings (SSSR count). The Morgan fingerprint density at radius 1 is 1.17 bits per heavy atom. The van der Waals surface area contributed by atoms with Crippen LogP contribution >= 0.6 is 0 Å². The summed E-state index contributed by atoms with van der Waals surface area (Å²) in [7, 11) is 0. The number of rotatable bonds is 8. The Bertz CT molecular complexity index is 1380. The number of nitrogens with zero attached hydrogens (tertiary/aromatic N) is 3. The van der Waals surface area contributed by atoms with Crippen molar-refractivity contribution in [2.75, 3.05) is 32.8 Å². The maximum absolute atomic E-state index is 16.7. The Morgan fingerprint density at radius 2 is 1.90 bits per heavy atom. The van der Waals surface area contributed by atoms with Crippen molar-refractivity contribution in [3.63, 3.8) is 0 Å². The van der Waals surface area contributed by atoms with Crippen molar-refractivity contribution in [3.05, 3.63) is 76.8 Å². The highest BCUT2D eigenvalue weighted by molar-refractivity contribution is 6.11. The van der Waals surface area contributed by atoms with Gasteiger partial charge in [0, 0.05) is 57.0 Å². The van der Waals surface area contributed by atoms with Gasteiger partial charge in [0.25, 0.3) is 0 Å². The Balaban J connectivity index is 1.47. The van der Waals surface area contributed by atoms with Crippen molar-refractivity contribution in [3.8, 4) is 0 Å². The molecule has 1 saturated heterocycles. The minimum atomic E-state index is -1.66. The third-order valence-corrected chi connectivity index (χ3v) is 9.13. The van der Waals surface area contributed by atoms with E-state index in [1.807, 2.05) is 6.92 Å². The van der Waals surface area contributed by atoms with Crippen LogP contribution < -0.4 is 16.0 Å². The second kappa shape index (κ2) is 11.8. The SMILES string of the molecule is CC1=CCC(NC2(NC3CCC(CO)CC3)c3c(C(=O)c4ccc(F)cc4)c[nH]c3N=CN2F)(N2CCNCC2)C=C1. The van der Waals surface area contributed by atoms with Crippen LogP contribution in [-0.4, -0.2) is 76.7 Å². The lowest BCUT2D eigenvalue weighted by molar-refractivity contribution is -0.104. The van der Waals surface area contributed by atoms with E-state index in [2.05, 4.69) is 49.1 Å². The summed E-state index contributed by atoms with van der Waals surface area (Å²) in [5.41, 5.74) is 1.27. The van der Waals surface area contributed by atoms with Gasteiger partial charge in [0.2, 0.25) is 5.79 Å². The van der Waals surface area contributed by atoms with E-state index in [-0.39, 0.29) is 29.9 Å². The maximum atomic E-state index is 16.7. The molecule has 3 heterocycles. The molecule has 1 saturated carbocycles. The van der Waals surface area contributed by atoms with Gasteiger partial charge in [0.1, 0.15) is 18.0 Å². The van der Waals surface area contributed by atoms with Crippen molar-refractivity contribution in [2.24, 2.45) is 10.9 Å². The molecule has 2 aromatic rings. The van der Waals surface area contributed by atoms with Crippen molar-refractivity contribution in [1.82, 2.24) is 31.0 Å². The Labute approximate surface area is 244 Å². The molecule has 5 N–H and O–H groups in total. The number of hydrogen-bond donors (Lipinski definition) is 5. The fraction of sp³-hybridized carbons (Fsp3) is 0.484. The van der Waals surface area contributed by atoms with Crippen LogP contribution in [0.25, 0.3) is 0 Å². The number of ketones is 1. The van der Waals surface area contributed by atoms with Crippen LogP contribution in [0.2, 0.25) is 0 Å². The highest BCUT2D eigenvalue weighted by Crippen LogP contribution is 2.42. The molecule has 4 aliphatic rings. The number of aliphatic hydroxyl groups is 1. The van der Waals surface area contributed by atoms with Crippen LogP contribution in [-0.2, 0) is 5.79 Å². The molecule has 2 atom stereocenters. The summed E-state index contributed by atoms with van der Waals surface area (Å²) in [6.45, 7) is 5.29. The van der Waals surface area contributed by atoms with Gasteiger partial charge in [-0.1, -0.05) is 22.2 Å². The number of halogens is 2. The number of aromatic nitrogens is 1. The van der Waals surface area contributed by atoms with Gasteiger partial charge in [0.15, 0.2) is 5.78 Å². The molecule has 11 heteroatoms. The highest BCUT2D eigenvalue weighted by Gasteiger charge is 2.53. The first-order valence-corrected chi connectivity index (χ1v) is 14.8. The van der Waals surface area contributed by atoms with Crippen molar-refractivity contribution < 1.29 is 18.8 Å². The minimum Gasteiger partial charge on any atom is -0.396 e. The van der Waals surface area contributed by atoms with Gasteiger partial charge in [-0.3, -0.25) is 20.3 Å². The Morgan fingerprint density at radius 3 is 2.57 bits per heavy atom. The molecule has 1 aromatic carbocycles. The first-order valence-electron chi connectivity index (χ1n) is 14.8. The molecule has 2 aliphatic carbocycles. The highest BCUT2D eigenvalue weighted by atomic mass is 19.2. The molecule has 1 aromatic heterocycles. The predicted octanol–water partition coefficient (Wildman–Crippen LogP) is 3.59. The third kappa shape index (κ3) is 5.35. The topological polar surface area (TPSA) is 108 Å². The fourth-order valence-corrected chi connectivity index (χ4v) is 6.69. The van der Waals surface area contributed by atoms with Gasteiger partial charge in [-0.2, -0.15) is 5.12 Å². The molecule has 9 nitrogen and oxygen atoms in total. The smallest absolute Gasteiger partial charge is 0.209 e. The van der Waals surface area contributed by atoms with Gasteiger partial charge in [0.05, 0.1) is 16.8 Å². The van der Waals surface area contributed by atoms with E-state index >= 15 is 4.48 Å².